The topological polar surface area (TPSA) is 68.2 Å². The van der Waals surface area contributed by atoms with E-state index in [0.717, 1.165) is 6.42 Å². The van der Waals surface area contributed by atoms with E-state index < -0.39 is 6.29 Å². The lowest BCUT2D eigenvalue weighted by molar-refractivity contribution is -0.141. The first kappa shape index (κ1) is 25.8. The van der Waals surface area contributed by atoms with Crippen LogP contribution in [0.5, 0.6) is 0 Å². The first-order valence-corrected chi connectivity index (χ1v) is 10.9. The van der Waals surface area contributed by atoms with Crippen molar-refractivity contribution in [2.45, 2.75) is 96.7 Å². The zero-order chi connectivity index (χ0) is 19.1. The highest BCUT2D eigenvalue weighted by atomic mass is 16.6. The largest absolute Gasteiger partial charge is 0.394 e. The third-order valence-electron chi connectivity index (χ3n) is 4.43. The summed E-state index contributed by atoms with van der Waals surface area (Å²) >= 11 is 0. The molecule has 0 amide bonds. The van der Waals surface area contributed by atoms with E-state index in [1.165, 1.54) is 77.0 Å². The van der Waals surface area contributed by atoms with Crippen LogP contribution in [0.25, 0.3) is 0 Å². The van der Waals surface area contributed by atoms with E-state index in [9.17, 15) is 5.11 Å². The Morgan fingerprint density at radius 3 is 1.65 bits per heavy atom. The van der Waals surface area contributed by atoms with Crippen molar-refractivity contribution in [2.75, 3.05) is 39.6 Å². The second kappa shape index (κ2) is 22.8. The first-order valence-electron chi connectivity index (χ1n) is 10.9. The molecule has 0 spiro atoms. The monoisotopic (exact) mass is 376 g/mol. The van der Waals surface area contributed by atoms with Crippen LogP contribution in [-0.4, -0.2) is 56.1 Å². The maximum Gasteiger partial charge on any atom is 0.178 e. The molecular weight excluding hydrogens is 332 g/mol. The Balaban J connectivity index is 3.09. The van der Waals surface area contributed by atoms with E-state index in [4.69, 9.17) is 19.3 Å². The van der Waals surface area contributed by atoms with E-state index in [0.29, 0.717) is 26.4 Å². The van der Waals surface area contributed by atoms with Crippen LogP contribution in [0.3, 0.4) is 0 Å². The van der Waals surface area contributed by atoms with Crippen molar-refractivity contribution >= 4 is 0 Å². The molecule has 2 N–H and O–H groups in total. The third-order valence-corrected chi connectivity index (χ3v) is 4.43. The van der Waals surface area contributed by atoms with Crippen LogP contribution < -0.4 is 0 Å². The van der Waals surface area contributed by atoms with Crippen LogP contribution >= 0.6 is 0 Å². The smallest absolute Gasteiger partial charge is 0.178 e. The molecule has 0 bridgehead atoms. The van der Waals surface area contributed by atoms with Crippen LogP contribution in [0, 0.1) is 0 Å². The van der Waals surface area contributed by atoms with Gasteiger partial charge >= 0.3 is 0 Å². The highest BCUT2D eigenvalue weighted by Crippen LogP contribution is 2.12. The Bertz CT molecular complexity index is 251. The molecule has 1 atom stereocenters. The van der Waals surface area contributed by atoms with Gasteiger partial charge in [-0.1, -0.05) is 84.0 Å². The van der Waals surface area contributed by atoms with Crippen molar-refractivity contribution in [2.24, 2.45) is 0 Å². The Morgan fingerprint density at radius 2 is 1.12 bits per heavy atom. The van der Waals surface area contributed by atoms with Gasteiger partial charge in [0.15, 0.2) is 6.29 Å². The summed E-state index contributed by atoms with van der Waals surface area (Å²) in [4.78, 5) is 0. The van der Waals surface area contributed by atoms with E-state index >= 15 is 0 Å². The Hall–Kier alpha value is -0.200. The third kappa shape index (κ3) is 21.8. The molecule has 158 valence electrons. The second-order valence-electron chi connectivity index (χ2n) is 6.98. The summed E-state index contributed by atoms with van der Waals surface area (Å²) in [6.45, 7) is 4.18. The van der Waals surface area contributed by atoms with Crippen LogP contribution in [-0.2, 0) is 14.2 Å². The molecule has 0 rings (SSSR count). The Labute approximate surface area is 161 Å². The van der Waals surface area contributed by atoms with Gasteiger partial charge in [0.25, 0.3) is 0 Å². The Kier molecular flexibility index (Phi) is 22.7. The molecular formula is C21H44O5. The highest BCUT2D eigenvalue weighted by Gasteiger charge is 2.03. The minimum atomic E-state index is -0.856. The predicted octanol–water partition coefficient (Wildman–Crippen LogP) is 4.44. The lowest BCUT2D eigenvalue weighted by Crippen LogP contribution is -2.21. The van der Waals surface area contributed by atoms with Crippen LogP contribution in [0.2, 0.25) is 0 Å². The lowest BCUT2D eigenvalue weighted by atomic mass is 10.0. The molecule has 0 aliphatic carbocycles. The minimum Gasteiger partial charge on any atom is -0.394 e. The van der Waals surface area contributed by atoms with E-state index in [2.05, 4.69) is 6.92 Å². The summed E-state index contributed by atoms with van der Waals surface area (Å²) in [5.74, 6) is 0. The minimum absolute atomic E-state index is 0.0187. The van der Waals surface area contributed by atoms with Gasteiger partial charge in [0.05, 0.1) is 33.0 Å². The van der Waals surface area contributed by atoms with Crippen LogP contribution in [0.1, 0.15) is 90.4 Å². The van der Waals surface area contributed by atoms with Crippen molar-refractivity contribution in [1.29, 1.82) is 0 Å². The van der Waals surface area contributed by atoms with Gasteiger partial charge in [0, 0.05) is 6.61 Å². The molecule has 0 aliphatic rings. The van der Waals surface area contributed by atoms with Crippen LogP contribution in [0.4, 0.5) is 0 Å². The molecule has 26 heavy (non-hydrogen) atoms. The number of hydrogen-bond donors (Lipinski definition) is 2. The SMILES string of the molecule is CCCCCCCCCCCCCCCOC(O)COCCOCCO. The molecule has 0 saturated carbocycles. The molecule has 5 heteroatoms. The summed E-state index contributed by atoms with van der Waals surface area (Å²) in [5, 5.41) is 18.2. The molecule has 5 nitrogen and oxygen atoms in total. The molecule has 0 fully saturated rings. The predicted molar refractivity (Wildman–Crippen MR) is 106 cm³/mol. The van der Waals surface area contributed by atoms with Gasteiger partial charge in [-0.05, 0) is 6.42 Å². The summed E-state index contributed by atoms with van der Waals surface area (Å²) in [6.07, 6.45) is 16.4. The number of aliphatic hydroxyl groups excluding tert-OH is 2. The zero-order valence-electron chi connectivity index (χ0n) is 17.1. The van der Waals surface area contributed by atoms with Gasteiger partial charge in [-0.3, -0.25) is 0 Å². The number of rotatable bonds is 22. The molecule has 0 aromatic rings. The maximum atomic E-state index is 9.62. The van der Waals surface area contributed by atoms with E-state index in [1.807, 2.05) is 0 Å². The highest BCUT2D eigenvalue weighted by molar-refractivity contribution is 4.49. The van der Waals surface area contributed by atoms with Gasteiger partial charge < -0.3 is 24.4 Å². The fourth-order valence-corrected chi connectivity index (χ4v) is 2.86. The number of unbranched alkanes of at least 4 members (excludes halogenated alkanes) is 12. The first-order chi connectivity index (χ1) is 12.8. The van der Waals surface area contributed by atoms with Gasteiger partial charge in [-0.15, -0.1) is 0 Å². The zero-order valence-corrected chi connectivity index (χ0v) is 17.1. The quantitative estimate of drug-likeness (QED) is 0.216. The number of ether oxygens (including phenoxy) is 3. The molecule has 0 aromatic heterocycles. The fourth-order valence-electron chi connectivity index (χ4n) is 2.86. The number of hydrogen-bond acceptors (Lipinski definition) is 5. The standard InChI is InChI=1S/C21H44O5/c1-2-3-4-5-6-7-8-9-10-11-12-13-14-16-26-21(23)20-25-19-18-24-17-15-22/h21-23H,2-20H2,1H3. The average Bonchev–Trinajstić information content (AvgIpc) is 2.65. The van der Waals surface area contributed by atoms with Gasteiger partial charge in [-0.2, -0.15) is 0 Å². The van der Waals surface area contributed by atoms with Gasteiger partial charge in [0.1, 0.15) is 0 Å². The van der Waals surface area contributed by atoms with Crippen molar-refractivity contribution in [3.8, 4) is 0 Å². The Morgan fingerprint density at radius 1 is 0.615 bits per heavy atom. The van der Waals surface area contributed by atoms with Crippen molar-refractivity contribution in [1.82, 2.24) is 0 Å². The molecule has 0 aliphatic heterocycles. The maximum absolute atomic E-state index is 9.62. The average molecular weight is 377 g/mol. The summed E-state index contributed by atoms with van der Waals surface area (Å²) in [5.41, 5.74) is 0. The lowest BCUT2D eigenvalue weighted by Gasteiger charge is -2.12. The summed E-state index contributed by atoms with van der Waals surface area (Å²) in [6, 6.07) is 0. The van der Waals surface area contributed by atoms with Crippen LogP contribution in [0.15, 0.2) is 0 Å². The molecule has 0 radical (unpaired) electrons. The van der Waals surface area contributed by atoms with Gasteiger partial charge in [-0.25, -0.2) is 0 Å². The fraction of sp³-hybridized carbons (Fsp3) is 1.00. The molecule has 1 unspecified atom stereocenters. The summed E-state index contributed by atoms with van der Waals surface area (Å²) < 4.78 is 15.6. The molecule has 0 aromatic carbocycles. The second-order valence-corrected chi connectivity index (χ2v) is 6.98. The van der Waals surface area contributed by atoms with Crippen molar-refractivity contribution in [3.05, 3.63) is 0 Å². The normalized spacial score (nSPS) is 12.6. The van der Waals surface area contributed by atoms with Crippen molar-refractivity contribution < 1.29 is 24.4 Å². The summed E-state index contributed by atoms with van der Waals surface area (Å²) in [7, 11) is 0. The van der Waals surface area contributed by atoms with Gasteiger partial charge in [0.2, 0.25) is 0 Å². The molecule has 0 saturated heterocycles. The van der Waals surface area contributed by atoms with E-state index in [1.54, 1.807) is 0 Å². The molecule has 0 heterocycles. The van der Waals surface area contributed by atoms with E-state index in [-0.39, 0.29) is 13.2 Å². The van der Waals surface area contributed by atoms with Crippen molar-refractivity contribution in [3.63, 3.8) is 0 Å². The number of aliphatic hydroxyl groups is 2.